The molecule has 2 aromatic carbocycles. The molecule has 7 heteroatoms. The van der Waals surface area contributed by atoms with Gasteiger partial charge in [0.15, 0.2) is 0 Å². The number of aromatic nitrogens is 2. The molecule has 1 amide bonds. The van der Waals surface area contributed by atoms with E-state index in [1.54, 1.807) is 6.07 Å². The number of halogens is 1. The Morgan fingerprint density at radius 2 is 1.86 bits per heavy atom. The van der Waals surface area contributed by atoms with Gasteiger partial charge in [0.05, 0.1) is 18.1 Å². The molecule has 0 bridgehead atoms. The molecule has 0 aliphatic rings. The van der Waals surface area contributed by atoms with Crippen LogP contribution in [0.5, 0.6) is 5.75 Å². The van der Waals surface area contributed by atoms with Gasteiger partial charge in [-0.2, -0.15) is 0 Å². The number of nitrogens with zero attached hydrogens (tertiary/aromatic N) is 2. The highest BCUT2D eigenvalue weighted by Crippen LogP contribution is 2.22. The summed E-state index contributed by atoms with van der Waals surface area (Å²) in [4.78, 5) is 12.0. The van der Waals surface area contributed by atoms with Gasteiger partial charge < -0.3 is 10.1 Å². The van der Waals surface area contributed by atoms with Gasteiger partial charge in [0.2, 0.25) is 5.91 Å². The van der Waals surface area contributed by atoms with Crippen LogP contribution in [0.3, 0.4) is 0 Å². The summed E-state index contributed by atoms with van der Waals surface area (Å²) >= 11 is 7.43. The van der Waals surface area contributed by atoms with E-state index in [4.69, 9.17) is 16.3 Å². The summed E-state index contributed by atoms with van der Waals surface area (Å²) in [6, 6.07) is 18.9. The number of rotatable bonds is 8. The summed E-state index contributed by atoms with van der Waals surface area (Å²) in [5.74, 6) is 1.01. The second kappa shape index (κ2) is 10.1. The molecule has 1 N–H and O–H groups in total. The number of hydrogen-bond acceptors (Lipinski definition) is 5. The van der Waals surface area contributed by atoms with E-state index in [9.17, 15) is 4.79 Å². The minimum Gasteiger partial charge on any atom is -0.494 e. The molecule has 1 heterocycles. The Hall–Kier alpha value is -2.57. The predicted octanol–water partition coefficient (Wildman–Crippen LogP) is 4.60. The molecule has 0 aliphatic heterocycles. The average Bonchev–Trinajstić information content (AvgIpc) is 2.73. The Labute approximate surface area is 173 Å². The SMILES string of the molecule is CCOc1ccc(-c2ccc(SCC(=O)NCc3ccccc3Cl)nn2)cc1. The maximum atomic E-state index is 12.0. The smallest absolute Gasteiger partial charge is 0.230 e. The van der Waals surface area contributed by atoms with Gasteiger partial charge in [-0.15, -0.1) is 10.2 Å². The lowest BCUT2D eigenvalue weighted by Crippen LogP contribution is -2.24. The third kappa shape index (κ3) is 5.71. The zero-order valence-electron chi connectivity index (χ0n) is 15.4. The van der Waals surface area contributed by atoms with Crippen molar-refractivity contribution >= 4 is 29.3 Å². The first-order valence-electron chi connectivity index (χ1n) is 8.85. The second-order valence-electron chi connectivity index (χ2n) is 5.87. The Balaban J connectivity index is 1.50. The summed E-state index contributed by atoms with van der Waals surface area (Å²) in [5, 5.41) is 12.6. The van der Waals surface area contributed by atoms with Crippen LogP contribution in [-0.4, -0.2) is 28.5 Å². The van der Waals surface area contributed by atoms with E-state index in [0.29, 0.717) is 23.2 Å². The van der Waals surface area contributed by atoms with Gasteiger partial charge in [-0.25, -0.2) is 0 Å². The van der Waals surface area contributed by atoms with Gasteiger partial charge in [-0.1, -0.05) is 41.6 Å². The van der Waals surface area contributed by atoms with Crippen LogP contribution < -0.4 is 10.1 Å². The lowest BCUT2D eigenvalue weighted by molar-refractivity contribution is -0.118. The number of hydrogen-bond donors (Lipinski definition) is 1. The van der Waals surface area contributed by atoms with E-state index in [1.807, 2.05) is 61.5 Å². The van der Waals surface area contributed by atoms with Gasteiger partial charge in [0.1, 0.15) is 10.8 Å². The Bertz CT molecular complexity index is 918. The molecule has 0 saturated carbocycles. The van der Waals surface area contributed by atoms with Crippen LogP contribution in [0, 0.1) is 0 Å². The molecule has 0 radical (unpaired) electrons. The summed E-state index contributed by atoms with van der Waals surface area (Å²) in [6.07, 6.45) is 0. The first-order chi connectivity index (χ1) is 13.7. The van der Waals surface area contributed by atoms with Gasteiger partial charge in [-0.05, 0) is 55.0 Å². The first-order valence-corrected chi connectivity index (χ1v) is 10.2. The van der Waals surface area contributed by atoms with E-state index in [2.05, 4.69) is 15.5 Å². The summed E-state index contributed by atoms with van der Waals surface area (Å²) in [5.41, 5.74) is 2.63. The lowest BCUT2D eigenvalue weighted by atomic mass is 10.1. The number of amides is 1. The topological polar surface area (TPSA) is 64.1 Å². The third-order valence-electron chi connectivity index (χ3n) is 3.89. The Morgan fingerprint density at radius 1 is 1.07 bits per heavy atom. The highest BCUT2D eigenvalue weighted by atomic mass is 35.5. The molecule has 1 aromatic heterocycles. The molecule has 0 aliphatic carbocycles. The normalized spacial score (nSPS) is 10.5. The van der Waals surface area contributed by atoms with Crippen LogP contribution in [-0.2, 0) is 11.3 Å². The van der Waals surface area contributed by atoms with Crippen molar-refractivity contribution in [1.82, 2.24) is 15.5 Å². The molecule has 5 nitrogen and oxygen atoms in total. The van der Waals surface area contributed by atoms with Crippen molar-refractivity contribution in [3.05, 3.63) is 71.2 Å². The summed E-state index contributed by atoms with van der Waals surface area (Å²) in [6.45, 7) is 2.99. The minimum atomic E-state index is -0.0812. The average molecular weight is 414 g/mol. The molecule has 0 atom stereocenters. The van der Waals surface area contributed by atoms with Crippen molar-refractivity contribution in [2.75, 3.05) is 12.4 Å². The van der Waals surface area contributed by atoms with Gasteiger partial charge >= 0.3 is 0 Å². The van der Waals surface area contributed by atoms with Crippen molar-refractivity contribution in [3.63, 3.8) is 0 Å². The van der Waals surface area contributed by atoms with Gasteiger partial charge in [0, 0.05) is 17.1 Å². The molecule has 144 valence electrons. The molecule has 0 fully saturated rings. The number of carbonyl (C=O) groups is 1. The number of carbonyl (C=O) groups excluding carboxylic acids is 1. The standard InChI is InChI=1S/C21H20ClN3O2S/c1-2-27-17-9-7-15(8-10-17)19-11-12-21(25-24-19)28-14-20(26)23-13-16-5-3-4-6-18(16)22/h3-12H,2,13-14H2,1H3,(H,23,26). The van der Waals surface area contributed by atoms with Crippen molar-refractivity contribution < 1.29 is 9.53 Å². The van der Waals surface area contributed by atoms with Crippen LogP contribution in [0.1, 0.15) is 12.5 Å². The van der Waals surface area contributed by atoms with Crippen LogP contribution in [0.4, 0.5) is 0 Å². The maximum Gasteiger partial charge on any atom is 0.230 e. The number of benzene rings is 2. The van der Waals surface area contributed by atoms with Crippen LogP contribution in [0.15, 0.2) is 65.7 Å². The van der Waals surface area contributed by atoms with E-state index in [0.717, 1.165) is 22.6 Å². The Morgan fingerprint density at radius 3 is 2.54 bits per heavy atom. The summed E-state index contributed by atoms with van der Waals surface area (Å²) in [7, 11) is 0. The minimum absolute atomic E-state index is 0.0812. The van der Waals surface area contributed by atoms with Crippen LogP contribution in [0.2, 0.25) is 5.02 Å². The zero-order chi connectivity index (χ0) is 19.8. The first kappa shape index (κ1) is 20.2. The molecule has 3 aromatic rings. The van der Waals surface area contributed by atoms with Crippen molar-refractivity contribution in [2.45, 2.75) is 18.5 Å². The van der Waals surface area contributed by atoms with E-state index >= 15 is 0 Å². The molecule has 0 spiro atoms. The quantitative estimate of drug-likeness (QED) is 0.546. The molecule has 0 saturated heterocycles. The van der Waals surface area contributed by atoms with E-state index < -0.39 is 0 Å². The van der Waals surface area contributed by atoms with E-state index in [-0.39, 0.29) is 11.7 Å². The number of nitrogens with one attached hydrogen (secondary N) is 1. The predicted molar refractivity (Wildman–Crippen MR) is 113 cm³/mol. The molecular weight excluding hydrogens is 394 g/mol. The fourth-order valence-corrected chi connectivity index (χ4v) is 3.31. The van der Waals surface area contributed by atoms with Crippen molar-refractivity contribution in [1.29, 1.82) is 0 Å². The highest BCUT2D eigenvalue weighted by Gasteiger charge is 2.07. The second-order valence-corrected chi connectivity index (χ2v) is 7.27. The fourth-order valence-electron chi connectivity index (χ4n) is 2.47. The Kier molecular flexibility index (Phi) is 7.28. The monoisotopic (exact) mass is 413 g/mol. The zero-order valence-corrected chi connectivity index (χ0v) is 17.0. The van der Waals surface area contributed by atoms with Gasteiger partial charge in [-0.3, -0.25) is 4.79 Å². The molecule has 28 heavy (non-hydrogen) atoms. The largest absolute Gasteiger partial charge is 0.494 e. The number of ether oxygens (including phenoxy) is 1. The molecule has 3 rings (SSSR count). The third-order valence-corrected chi connectivity index (χ3v) is 5.17. The molecular formula is C21H20ClN3O2S. The number of thioether (sulfide) groups is 1. The molecule has 0 unspecified atom stereocenters. The lowest BCUT2D eigenvalue weighted by Gasteiger charge is -2.07. The van der Waals surface area contributed by atoms with Crippen molar-refractivity contribution in [3.8, 4) is 17.0 Å². The van der Waals surface area contributed by atoms with Gasteiger partial charge in [0.25, 0.3) is 0 Å². The van der Waals surface area contributed by atoms with E-state index in [1.165, 1.54) is 11.8 Å². The van der Waals surface area contributed by atoms with Crippen molar-refractivity contribution in [2.24, 2.45) is 0 Å². The highest BCUT2D eigenvalue weighted by molar-refractivity contribution is 7.99. The summed E-state index contributed by atoms with van der Waals surface area (Å²) < 4.78 is 5.44. The fraction of sp³-hybridized carbons (Fsp3) is 0.190. The maximum absolute atomic E-state index is 12.0. The van der Waals surface area contributed by atoms with Crippen LogP contribution in [0.25, 0.3) is 11.3 Å². The van der Waals surface area contributed by atoms with Crippen LogP contribution >= 0.6 is 23.4 Å².